The quantitative estimate of drug-likeness (QED) is 0.532. The van der Waals surface area contributed by atoms with Gasteiger partial charge in [0.25, 0.3) is 11.8 Å². The van der Waals surface area contributed by atoms with Gasteiger partial charge < -0.3 is 10.2 Å². The van der Waals surface area contributed by atoms with Crippen molar-refractivity contribution < 1.29 is 9.59 Å². The third-order valence-electron chi connectivity index (χ3n) is 5.60. The van der Waals surface area contributed by atoms with Crippen molar-refractivity contribution in [3.05, 3.63) is 65.1 Å². The minimum atomic E-state index is -0.0966. The summed E-state index contributed by atoms with van der Waals surface area (Å²) in [5.41, 5.74) is 1.46. The number of nitrogens with zero attached hydrogens (tertiary/aromatic N) is 4. The second-order valence-electron chi connectivity index (χ2n) is 8.16. The summed E-state index contributed by atoms with van der Waals surface area (Å²) < 4.78 is 2.85. The topological polar surface area (TPSA) is 79.6 Å². The first-order valence-corrected chi connectivity index (χ1v) is 11.2. The Hall–Kier alpha value is -3.26. The number of rotatable bonds is 4. The summed E-state index contributed by atoms with van der Waals surface area (Å²) in [7, 11) is 0. The molecule has 2 amide bonds. The first-order valence-electron chi connectivity index (χ1n) is 10.4. The van der Waals surface area contributed by atoms with Gasteiger partial charge in [0.05, 0.1) is 4.88 Å². The molecule has 0 bridgehead atoms. The van der Waals surface area contributed by atoms with Crippen LogP contribution in [0.3, 0.4) is 0 Å². The fourth-order valence-electron chi connectivity index (χ4n) is 4.24. The maximum Gasteiger partial charge on any atom is 0.274 e. The second kappa shape index (κ2) is 7.77. The largest absolute Gasteiger partial charge is 0.349 e. The van der Waals surface area contributed by atoms with E-state index in [1.165, 1.54) is 11.3 Å². The molecule has 1 aliphatic rings. The number of benzene rings is 1. The fourth-order valence-corrected chi connectivity index (χ4v) is 5.44. The summed E-state index contributed by atoms with van der Waals surface area (Å²) in [5, 5.41) is 4.14. The van der Waals surface area contributed by atoms with Crippen molar-refractivity contribution in [2.45, 2.75) is 32.2 Å². The number of imidazole rings is 1. The third kappa shape index (κ3) is 3.57. The first kappa shape index (κ1) is 19.7. The smallest absolute Gasteiger partial charge is 0.274 e. The van der Waals surface area contributed by atoms with E-state index in [0.29, 0.717) is 24.6 Å². The molecule has 8 heteroatoms. The maximum atomic E-state index is 13.1. The molecule has 1 aliphatic heterocycles. The van der Waals surface area contributed by atoms with Gasteiger partial charge in [-0.2, -0.15) is 0 Å². The van der Waals surface area contributed by atoms with Crippen LogP contribution in [-0.4, -0.2) is 50.2 Å². The van der Waals surface area contributed by atoms with Crippen molar-refractivity contribution in [2.75, 3.05) is 13.1 Å². The number of carbonyl (C=O) groups excluding carboxylic acids is 2. The van der Waals surface area contributed by atoms with Gasteiger partial charge >= 0.3 is 0 Å². The Morgan fingerprint density at radius 2 is 2.06 bits per heavy atom. The summed E-state index contributed by atoms with van der Waals surface area (Å²) >= 11 is 1.53. The third-order valence-corrected chi connectivity index (χ3v) is 6.78. The van der Waals surface area contributed by atoms with Crippen LogP contribution in [0.1, 0.15) is 51.9 Å². The van der Waals surface area contributed by atoms with Gasteiger partial charge in [-0.05, 0) is 43.4 Å². The molecule has 158 valence electrons. The highest BCUT2D eigenvalue weighted by Crippen LogP contribution is 2.40. The minimum absolute atomic E-state index is 0.0394. The van der Waals surface area contributed by atoms with Crippen LogP contribution in [0, 0.1) is 0 Å². The van der Waals surface area contributed by atoms with E-state index in [4.69, 9.17) is 0 Å². The molecule has 5 rings (SSSR count). The highest BCUT2D eigenvalue weighted by Gasteiger charge is 2.33. The van der Waals surface area contributed by atoms with Crippen molar-refractivity contribution in [3.8, 4) is 0 Å². The number of likely N-dealkylation sites (tertiary alicyclic amines) is 1. The SMILES string of the molecule is CC(C)NC(=O)c1sc2ccccc2c1[C@@H]1CCN(C(=O)c2cn3cccnc3n2)C1. The number of hydrogen-bond acceptors (Lipinski definition) is 5. The Morgan fingerprint density at radius 3 is 2.87 bits per heavy atom. The van der Waals surface area contributed by atoms with E-state index >= 15 is 0 Å². The lowest BCUT2D eigenvalue weighted by molar-refractivity contribution is 0.0785. The van der Waals surface area contributed by atoms with Gasteiger partial charge in [-0.25, -0.2) is 9.97 Å². The Morgan fingerprint density at radius 1 is 1.23 bits per heavy atom. The maximum absolute atomic E-state index is 13.1. The van der Waals surface area contributed by atoms with Gasteiger partial charge in [-0.3, -0.25) is 14.0 Å². The molecule has 1 N–H and O–H groups in total. The number of thiophene rings is 1. The zero-order valence-corrected chi connectivity index (χ0v) is 18.2. The first-order chi connectivity index (χ1) is 15.0. The van der Waals surface area contributed by atoms with Gasteiger partial charge in [-0.1, -0.05) is 18.2 Å². The Bertz CT molecular complexity index is 1260. The van der Waals surface area contributed by atoms with E-state index in [2.05, 4.69) is 27.4 Å². The van der Waals surface area contributed by atoms with E-state index in [-0.39, 0.29) is 23.8 Å². The lowest BCUT2D eigenvalue weighted by Crippen LogP contribution is -2.31. The second-order valence-corrected chi connectivity index (χ2v) is 9.21. The molecule has 1 fully saturated rings. The highest BCUT2D eigenvalue weighted by atomic mass is 32.1. The van der Waals surface area contributed by atoms with E-state index in [9.17, 15) is 9.59 Å². The van der Waals surface area contributed by atoms with Crippen LogP contribution in [0.25, 0.3) is 15.9 Å². The number of fused-ring (bicyclic) bond motifs is 2. The normalized spacial score (nSPS) is 16.5. The van der Waals surface area contributed by atoms with Crippen LogP contribution in [-0.2, 0) is 0 Å². The number of nitrogens with one attached hydrogen (secondary N) is 1. The summed E-state index contributed by atoms with van der Waals surface area (Å²) in [6.45, 7) is 5.14. The molecule has 3 aromatic heterocycles. The van der Waals surface area contributed by atoms with Crippen molar-refractivity contribution in [3.63, 3.8) is 0 Å². The highest BCUT2D eigenvalue weighted by molar-refractivity contribution is 7.21. The van der Waals surface area contributed by atoms with Crippen LogP contribution >= 0.6 is 11.3 Å². The molecule has 4 aromatic rings. The van der Waals surface area contributed by atoms with E-state index < -0.39 is 0 Å². The van der Waals surface area contributed by atoms with Crippen LogP contribution in [0.15, 0.2) is 48.9 Å². The van der Waals surface area contributed by atoms with Gasteiger partial charge in [0.2, 0.25) is 5.78 Å². The molecule has 1 atom stereocenters. The average molecular weight is 434 g/mol. The summed E-state index contributed by atoms with van der Waals surface area (Å²) in [4.78, 5) is 37.2. The van der Waals surface area contributed by atoms with Gasteiger partial charge in [0.1, 0.15) is 5.69 Å². The Labute approximate surface area is 183 Å². The number of hydrogen-bond donors (Lipinski definition) is 1. The van der Waals surface area contributed by atoms with Crippen LogP contribution in [0.2, 0.25) is 0 Å². The monoisotopic (exact) mass is 433 g/mol. The van der Waals surface area contributed by atoms with Gasteiger partial charge in [0.15, 0.2) is 0 Å². The summed E-state index contributed by atoms with van der Waals surface area (Å²) in [6.07, 6.45) is 6.03. The van der Waals surface area contributed by atoms with Crippen molar-refractivity contribution >= 4 is 39.0 Å². The molecule has 0 saturated carbocycles. The molecule has 31 heavy (non-hydrogen) atoms. The predicted molar refractivity (Wildman–Crippen MR) is 121 cm³/mol. The lowest BCUT2D eigenvalue weighted by atomic mass is 9.95. The standard InChI is InChI=1S/C23H23N5O2S/c1-14(2)25-21(29)20-19(16-6-3-4-7-18(16)31-20)15-8-11-27(12-15)22(30)17-13-28-10-5-9-24-23(28)26-17/h3-7,9-10,13-15H,8,11-12H2,1-2H3,(H,25,29)/t15-/m1/s1. The van der Waals surface area contributed by atoms with Crippen LogP contribution in [0.5, 0.6) is 0 Å². The van der Waals surface area contributed by atoms with E-state index in [1.54, 1.807) is 22.9 Å². The molecular weight excluding hydrogens is 410 g/mol. The van der Waals surface area contributed by atoms with Crippen LogP contribution < -0.4 is 5.32 Å². The molecule has 1 aromatic carbocycles. The number of aromatic nitrogens is 3. The molecule has 1 saturated heterocycles. The zero-order chi connectivity index (χ0) is 21.5. The number of carbonyl (C=O) groups is 2. The molecule has 0 spiro atoms. The van der Waals surface area contributed by atoms with Crippen molar-refractivity contribution in [1.82, 2.24) is 24.6 Å². The molecule has 0 aliphatic carbocycles. The van der Waals surface area contributed by atoms with Crippen molar-refractivity contribution in [2.24, 2.45) is 0 Å². The summed E-state index contributed by atoms with van der Waals surface area (Å²) in [6, 6.07) is 10.00. The number of amides is 2. The molecule has 7 nitrogen and oxygen atoms in total. The lowest BCUT2D eigenvalue weighted by Gasteiger charge is -2.16. The minimum Gasteiger partial charge on any atom is -0.349 e. The van der Waals surface area contributed by atoms with Crippen LogP contribution in [0.4, 0.5) is 0 Å². The average Bonchev–Trinajstić information content (AvgIpc) is 3.48. The van der Waals surface area contributed by atoms with Gasteiger partial charge in [0, 0.05) is 48.3 Å². The fraction of sp³-hybridized carbons (Fsp3) is 0.304. The van der Waals surface area contributed by atoms with Gasteiger partial charge in [-0.15, -0.1) is 11.3 Å². The molecular formula is C23H23N5O2S. The molecule has 0 radical (unpaired) electrons. The predicted octanol–water partition coefficient (Wildman–Crippen LogP) is 3.71. The van der Waals surface area contributed by atoms with E-state index in [1.807, 2.05) is 37.1 Å². The van der Waals surface area contributed by atoms with Crippen molar-refractivity contribution in [1.29, 1.82) is 0 Å². The Balaban J connectivity index is 1.45. The Kier molecular flexibility index (Phi) is 4.94. The molecule has 0 unspecified atom stereocenters. The zero-order valence-electron chi connectivity index (χ0n) is 17.4. The molecule has 4 heterocycles. The van der Waals surface area contributed by atoms with E-state index in [0.717, 1.165) is 26.9 Å². The summed E-state index contributed by atoms with van der Waals surface area (Å²) in [5.74, 6) is 0.490.